The molecule has 0 aliphatic rings. The first-order valence-electron chi connectivity index (χ1n) is 10.1. The van der Waals surface area contributed by atoms with Gasteiger partial charge in [0.1, 0.15) is 5.54 Å². The zero-order valence-corrected chi connectivity index (χ0v) is 16.7. The second kappa shape index (κ2) is 7.88. The molecule has 0 saturated carbocycles. The van der Waals surface area contributed by atoms with Crippen molar-refractivity contribution < 1.29 is 0 Å². The highest BCUT2D eigenvalue weighted by Gasteiger charge is 2.39. The average Bonchev–Trinajstić information content (AvgIpc) is 3.32. The van der Waals surface area contributed by atoms with Crippen LogP contribution in [0.2, 0.25) is 0 Å². The summed E-state index contributed by atoms with van der Waals surface area (Å²) in [4.78, 5) is 12.3. The van der Waals surface area contributed by atoms with Crippen molar-refractivity contribution in [3.05, 3.63) is 149 Å². The topological polar surface area (TPSA) is 52.7 Å². The van der Waals surface area contributed by atoms with Crippen LogP contribution in [-0.2, 0) is 5.54 Å². The molecule has 31 heavy (non-hydrogen) atoms. The van der Waals surface area contributed by atoms with E-state index < -0.39 is 5.54 Å². The van der Waals surface area contributed by atoms with Crippen molar-refractivity contribution >= 4 is 0 Å². The van der Waals surface area contributed by atoms with E-state index in [9.17, 15) is 4.79 Å². The van der Waals surface area contributed by atoms with E-state index in [4.69, 9.17) is 5.10 Å². The Balaban J connectivity index is 1.84. The molecule has 0 spiro atoms. The van der Waals surface area contributed by atoms with E-state index in [1.807, 2.05) is 71.5 Å². The van der Waals surface area contributed by atoms with Crippen molar-refractivity contribution in [3.63, 3.8) is 0 Å². The van der Waals surface area contributed by atoms with Crippen LogP contribution in [0.15, 0.2) is 126 Å². The van der Waals surface area contributed by atoms with Gasteiger partial charge in [0.05, 0.1) is 0 Å². The minimum absolute atomic E-state index is 0.225. The van der Waals surface area contributed by atoms with E-state index in [2.05, 4.69) is 41.5 Å². The summed E-state index contributed by atoms with van der Waals surface area (Å²) in [5.41, 5.74) is 2.25. The van der Waals surface area contributed by atoms with Crippen LogP contribution in [0.25, 0.3) is 5.82 Å². The van der Waals surface area contributed by atoms with Crippen molar-refractivity contribution in [2.75, 3.05) is 0 Å². The molecule has 0 atom stereocenters. The molecule has 0 saturated heterocycles. The van der Waals surface area contributed by atoms with Crippen molar-refractivity contribution in [2.45, 2.75) is 5.54 Å². The van der Waals surface area contributed by atoms with Crippen LogP contribution in [0.3, 0.4) is 0 Å². The molecule has 0 aliphatic carbocycles. The van der Waals surface area contributed by atoms with Gasteiger partial charge in [0, 0.05) is 24.5 Å². The largest absolute Gasteiger partial charge is 0.272 e. The van der Waals surface area contributed by atoms with Crippen LogP contribution in [0.4, 0.5) is 0 Å². The summed E-state index contributed by atoms with van der Waals surface area (Å²) in [6.07, 6.45) is 3.49. The predicted molar refractivity (Wildman–Crippen MR) is 120 cm³/mol. The predicted octanol–water partition coefficient (Wildman–Crippen LogP) is 4.27. The van der Waals surface area contributed by atoms with E-state index >= 15 is 0 Å². The molecule has 5 rings (SSSR count). The molecular formula is C26H20N4O. The average molecular weight is 404 g/mol. The maximum atomic E-state index is 12.3. The van der Waals surface area contributed by atoms with E-state index in [-0.39, 0.29) is 5.56 Å². The number of rotatable bonds is 5. The third-order valence-corrected chi connectivity index (χ3v) is 5.43. The molecular weight excluding hydrogens is 384 g/mol. The van der Waals surface area contributed by atoms with Crippen LogP contribution < -0.4 is 5.56 Å². The van der Waals surface area contributed by atoms with E-state index in [0.717, 1.165) is 16.7 Å². The Morgan fingerprint density at radius 2 is 1.13 bits per heavy atom. The standard InChI is InChI=1S/C26H20N4O/c31-25-17-10-19-27-30(25)24-18-20-29(28-24)26(21-11-4-1-5-12-21,22-13-6-2-7-14-22)23-15-8-3-9-16-23/h1-20H. The maximum Gasteiger partial charge on any atom is 0.272 e. The molecule has 0 N–H and O–H groups in total. The molecule has 5 aromatic rings. The first-order chi connectivity index (χ1) is 15.3. The van der Waals surface area contributed by atoms with Gasteiger partial charge in [-0.1, -0.05) is 91.0 Å². The number of nitrogens with zero attached hydrogens (tertiary/aromatic N) is 4. The second-order valence-electron chi connectivity index (χ2n) is 7.20. The summed E-state index contributed by atoms with van der Waals surface area (Å²) in [5.74, 6) is 0.470. The minimum Gasteiger partial charge on any atom is -0.267 e. The van der Waals surface area contributed by atoms with Crippen LogP contribution in [0.5, 0.6) is 0 Å². The highest BCUT2D eigenvalue weighted by atomic mass is 16.1. The third kappa shape index (κ3) is 3.16. The SMILES string of the molecule is O=c1cccnn1-c1ccn(C(c2ccccc2)(c2ccccc2)c2ccccc2)n1. The fourth-order valence-electron chi connectivity index (χ4n) is 4.08. The van der Waals surface area contributed by atoms with Gasteiger partial charge in [-0.15, -0.1) is 0 Å². The number of hydrogen-bond acceptors (Lipinski definition) is 3. The first-order valence-corrected chi connectivity index (χ1v) is 10.1. The lowest BCUT2D eigenvalue weighted by atomic mass is 9.77. The Morgan fingerprint density at radius 1 is 0.613 bits per heavy atom. The van der Waals surface area contributed by atoms with Gasteiger partial charge in [0.15, 0.2) is 5.82 Å². The summed E-state index contributed by atoms with van der Waals surface area (Å²) >= 11 is 0. The highest BCUT2D eigenvalue weighted by Crippen LogP contribution is 2.40. The van der Waals surface area contributed by atoms with Gasteiger partial charge >= 0.3 is 0 Å². The lowest BCUT2D eigenvalue weighted by Gasteiger charge is -2.36. The van der Waals surface area contributed by atoms with Crippen molar-refractivity contribution in [1.29, 1.82) is 0 Å². The molecule has 3 aromatic carbocycles. The first kappa shape index (κ1) is 18.8. The van der Waals surface area contributed by atoms with Crippen molar-refractivity contribution in [2.24, 2.45) is 0 Å². The fourth-order valence-corrected chi connectivity index (χ4v) is 4.08. The lowest BCUT2D eigenvalue weighted by Crippen LogP contribution is -2.38. The Labute approximate surface area is 179 Å². The van der Waals surface area contributed by atoms with E-state index in [1.165, 1.54) is 10.7 Å². The number of benzene rings is 3. The Hall–Kier alpha value is -4.25. The minimum atomic E-state index is -0.722. The summed E-state index contributed by atoms with van der Waals surface area (Å²) in [7, 11) is 0. The third-order valence-electron chi connectivity index (χ3n) is 5.43. The van der Waals surface area contributed by atoms with E-state index in [0.29, 0.717) is 5.82 Å². The molecule has 0 amide bonds. The zero-order valence-electron chi connectivity index (χ0n) is 16.7. The quantitative estimate of drug-likeness (QED) is 0.411. The Kier molecular flexibility index (Phi) is 4.77. The summed E-state index contributed by atoms with van der Waals surface area (Å²) in [5, 5.41) is 9.05. The number of hydrogen-bond donors (Lipinski definition) is 0. The molecule has 0 aliphatic heterocycles. The molecule has 0 radical (unpaired) electrons. The second-order valence-corrected chi connectivity index (χ2v) is 7.20. The molecule has 5 heteroatoms. The van der Waals surface area contributed by atoms with Crippen LogP contribution in [0, 0.1) is 0 Å². The Bertz CT molecular complexity index is 1250. The fraction of sp³-hybridized carbons (Fsp3) is 0.0385. The smallest absolute Gasteiger partial charge is 0.267 e. The zero-order chi connectivity index (χ0) is 21.1. The van der Waals surface area contributed by atoms with Crippen LogP contribution >= 0.6 is 0 Å². The highest BCUT2D eigenvalue weighted by molar-refractivity contribution is 5.50. The van der Waals surface area contributed by atoms with Gasteiger partial charge in [-0.25, -0.2) is 0 Å². The lowest BCUT2D eigenvalue weighted by molar-refractivity contribution is 0.457. The van der Waals surface area contributed by atoms with Gasteiger partial charge in [0.2, 0.25) is 0 Å². The van der Waals surface area contributed by atoms with Crippen LogP contribution in [-0.4, -0.2) is 19.6 Å². The molecule has 150 valence electrons. The van der Waals surface area contributed by atoms with Crippen molar-refractivity contribution in [1.82, 2.24) is 19.6 Å². The number of aromatic nitrogens is 4. The van der Waals surface area contributed by atoms with Crippen LogP contribution in [0.1, 0.15) is 16.7 Å². The maximum absolute atomic E-state index is 12.3. The van der Waals surface area contributed by atoms with E-state index in [1.54, 1.807) is 12.3 Å². The molecule has 0 bridgehead atoms. The van der Waals surface area contributed by atoms with Gasteiger partial charge < -0.3 is 0 Å². The Morgan fingerprint density at radius 3 is 1.61 bits per heavy atom. The van der Waals surface area contributed by atoms with Gasteiger partial charge in [-0.3, -0.25) is 9.48 Å². The van der Waals surface area contributed by atoms with Crippen molar-refractivity contribution in [3.8, 4) is 5.82 Å². The normalized spacial score (nSPS) is 11.4. The molecule has 2 heterocycles. The summed E-state index contributed by atoms with van der Waals surface area (Å²) < 4.78 is 3.23. The molecule has 2 aromatic heterocycles. The van der Waals surface area contributed by atoms with Gasteiger partial charge in [0.25, 0.3) is 5.56 Å². The molecule has 5 nitrogen and oxygen atoms in total. The molecule has 0 unspecified atom stereocenters. The van der Waals surface area contributed by atoms with Gasteiger partial charge in [-0.05, 0) is 22.8 Å². The monoisotopic (exact) mass is 404 g/mol. The summed E-state index contributed by atoms with van der Waals surface area (Å²) in [6, 6.07) is 35.8. The summed E-state index contributed by atoms with van der Waals surface area (Å²) in [6.45, 7) is 0. The molecule has 0 fully saturated rings. The van der Waals surface area contributed by atoms with Gasteiger partial charge in [-0.2, -0.15) is 14.9 Å².